The summed E-state index contributed by atoms with van der Waals surface area (Å²) in [5, 5.41) is 8.25. The molecule has 0 aromatic rings. The second-order valence-electron chi connectivity index (χ2n) is 4.67. The van der Waals surface area contributed by atoms with Gasteiger partial charge in [-0.15, -0.1) is 0 Å². The Labute approximate surface area is 92.3 Å². The van der Waals surface area contributed by atoms with Crippen LogP contribution in [0.1, 0.15) is 38.5 Å². The van der Waals surface area contributed by atoms with E-state index in [1.807, 2.05) is 0 Å². The van der Waals surface area contributed by atoms with Crippen molar-refractivity contribution in [2.24, 2.45) is 5.92 Å². The number of hydrogen-bond donors (Lipinski definition) is 1. The van der Waals surface area contributed by atoms with Crippen molar-refractivity contribution < 1.29 is 4.74 Å². The van der Waals surface area contributed by atoms with Gasteiger partial charge in [0.2, 0.25) is 0 Å². The second kappa shape index (κ2) is 5.50. The highest BCUT2D eigenvalue weighted by Gasteiger charge is 2.22. The molecule has 2 aliphatic rings. The summed E-state index contributed by atoms with van der Waals surface area (Å²) in [5.41, 5.74) is 0. The van der Waals surface area contributed by atoms with Gasteiger partial charge in [-0.25, -0.2) is 0 Å². The molecule has 1 aliphatic heterocycles. The van der Waals surface area contributed by atoms with Gasteiger partial charge in [-0.1, -0.05) is 25.7 Å². The zero-order chi connectivity index (χ0) is 10.5. The number of ether oxygens (including phenoxy) is 1. The van der Waals surface area contributed by atoms with Gasteiger partial charge in [0.05, 0.1) is 19.0 Å². The minimum Gasteiger partial charge on any atom is -0.378 e. The Morgan fingerprint density at radius 3 is 2.20 bits per heavy atom. The summed E-state index contributed by atoms with van der Waals surface area (Å²) in [6.07, 6.45) is 7.83. The average molecular weight is 210 g/mol. The summed E-state index contributed by atoms with van der Waals surface area (Å²) in [6.45, 7) is 3.45. The van der Waals surface area contributed by atoms with E-state index in [0.717, 1.165) is 32.1 Å². The summed E-state index contributed by atoms with van der Waals surface area (Å²) in [5.74, 6) is 1.42. The Hall–Kier alpha value is -0.570. The van der Waals surface area contributed by atoms with Crippen molar-refractivity contribution in [3.05, 3.63) is 0 Å². The van der Waals surface area contributed by atoms with Crippen molar-refractivity contribution in [3.63, 3.8) is 0 Å². The summed E-state index contributed by atoms with van der Waals surface area (Å²) in [7, 11) is 0. The van der Waals surface area contributed by atoms with Gasteiger partial charge in [0.25, 0.3) is 0 Å². The number of nitrogens with one attached hydrogen (secondary N) is 1. The van der Waals surface area contributed by atoms with Crippen LogP contribution >= 0.6 is 0 Å². The standard InChI is InChI=1S/C12H22N2O/c13-12(14-7-9-15-10-8-14)11-5-3-1-2-4-6-11/h11,13H,1-10H2. The SMILES string of the molecule is N=C(C1CCCCCC1)N1CCOCC1. The van der Waals surface area contributed by atoms with E-state index in [1.165, 1.54) is 38.5 Å². The van der Waals surface area contributed by atoms with Crippen LogP contribution in [0.25, 0.3) is 0 Å². The highest BCUT2D eigenvalue weighted by Crippen LogP contribution is 2.25. The quantitative estimate of drug-likeness (QED) is 0.409. The molecule has 86 valence electrons. The molecule has 0 bridgehead atoms. The fourth-order valence-electron chi connectivity index (χ4n) is 2.62. The van der Waals surface area contributed by atoms with Gasteiger partial charge in [0.1, 0.15) is 0 Å². The lowest BCUT2D eigenvalue weighted by atomic mass is 9.98. The molecule has 15 heavy (non-hydrogen) atoms. The van der Waals surface area contributed by atoms with Gasteiger partial charge in [-0.05, 0) is 12.8 Å². The minimum atomic E-state index is 0.533. The van der Waals surface area contributed by atoms with Crippen LogP contribution in [0.3, 0.4) is 0 Å². The van der Waals surface area contributed by atoms with Crippen molar-refractivity contribution in [2.75, 3.05) is 26.3 Å². The van der Waals surface area contributed by atoms with Crippen LogP contribution < -0.4 is 0 Å². The van der Waals surface area contributed by atoms with Crippen molar-refractivity contribution >= 4 is 5.84 Å². The van der Waals surface area contributed by atoms with Crippen LogP contribution in [-0.2, 0) is 4.74 Å². The van der Waals surface area contributed by atoms with E-state index in [9.17, 15) is 0 Å². The molecule has 1 aliphatic carbocycles. The number of morpholine rings is 1. The predicted octanol–water partition coefficient (Wildman–Crippen LogP) is 2.27. The zero-order valence-corrected chi connectivity index (χ0v) is 9.50. The van der Waals surface area contributed by atoms with Crippen LogP contribution in [0.2, 0.25) is 0 Å². The molecule has 2 fully saturated rings. The van der Waals surface area contributed by atoms with E-state index in [4.69, 9.17) is 10.1 Å². The molecule has 1 saturated carbocycles. The second-order valence-corrected chi connectivity index (χ2v) is 4.67. The van der Waals surface area contributed by atoms with Gasteiger partial charge in [-0.3, -0.25) is 5.41 Å². The van der Waals surface area contributed by atoms with Gasteiger partial charge < -0.3 is 9.64 Å². The lowest BCUT2D eigenvalue weighted by molar-refractivity contribution is 0.0652. The molecule has 0 amide bonds. The van der Waals surface area contributed by atoms with Gasteiger partial charge in [0.15, 0.2) is 0 Å². The normalized spacial score (nSPS) is 24.9. The number of amidine groups is 1. The summed E-state index contributed by atoms with van der Waals surface area (Å²) < 4.78 is 5.32. The summed E-state index contributed by atoms with van der Waals surface area (Å²) in [6, 6.07) is 0. The maximum Gasteiger partial charge on any atom is 0.0991 e. The van der Waals surface area contributed by atoms with Gasteiger partial charge in [0, 0.05) is 19.0 Å². The van der Waals surface area contributed by atoms with Crippen molar-refractivity contribution in [1.82, 2.24) is 4.90 Å². The molecule has 0 aromatic carbocycles. The molecular formula is C12H22N2O. The van der Waals surface area contributed by atoms with Crippen LogP contribution in [0.5, 0.6) is 0 Å². The Kier molecular flexibility index (Phi) is 4.01. The smallest absolute Gasteiger partial charge is 0.0991 e. The third-order valence-corrected chi connectivity index (χ3v) is 3.59. The van der Waals surface area contributed by atoms with E-state index in [0.29, 0.717) is 5.92 Å². The Bertz CT molecular complexity index is 204. The third-order valence-electron chi connectivity index (χ3n) is 3.59. The Morgan fingerprint density at radius 2 is 1.60 bits per heavy atom. The van der Waals surface area contributed by atoms with Gasteiger partial charge >= 0.3 is 0 Å². The average Bonchev–Trinajstić information content (AvgIpc) is 2.58. The van der Waals surface area contributed by atoms with Gasteiger partial charge in [-0.2, -0.15) is 0 Å². The first-order valence-electron chi connectivity index (χ1n) is 6.29. The molecule has 3 heteroatoms. The molecule has 0 unspecified atom stereocenters. The first-order valence-corrected chi connectivity index (χ1v) is 6.29. The topological polar surface area (TPSA) is 36.3 Å². The van der Waals surface area contributed by atoms with E-state index >= 15 is 0 Å². The molecule has 0 aromatic heterocycles. The fraction of sp³-hybridized carbons (Fsp3) is 0.917. The summed E-state index contributed by atoms with van der Waals surface area (Å²) in [4.78, 5) is 2.22. The van der Waals surface area contributed by atoms with E-state index in [-0.39, 0.29) is 0 Å². The molecule has 0 spiro atoms. The molecule has 1 N–H and O–H groups in total. The van der Waals surface area contributed by atoms with Crippen molar-refractivity contribution in [1.29, 1.82) is 5.41 Å². The zero-order valence-electron chi connectivity index (χ0n) is 9.50. The van der Waals surface area contributed by atoms with Crippen LogP contribution in [0.4, 0.5) is 0 Å². The largest absolute Gasteiger partial charge is 0.378 e. The van der Waals surface area contributed by atoms with E-state index in [1.54, 1.807) is 0 Å². The number of nitrogens with zero attached hydrogens (tertiary/aromatic N) is 1. The first-order chi connectivity index (χ1) is 7.38. The van der Waals surface area contributed by atoms with Crippen LogP contribution in [-0.4, -0.2) is 37.0 Å². The van der Waals surface area contributed by atoms with Crippen molar-refractivity contribution in [2.45, 2.75) is 38.5 Å². The molecule has 2 rings (SSSR count). The lowest BCUT2D eigenvalue weighted by Gasteiger charge is -2.32. The molecule has 3 nitrogen and oxygen atoms in total. The fourth-order valence-corrected chi connectivity index (χ4v) is 2.62. The monoisotopic (exact) mass is 210 g/mol. The lowest BCUT2D eigenvalue weighted by Crippen LogP contribution is -2.43. The third kappa shape index (κ3) is 2.94. The predicted molar refractivity (Wildman–Crippen MR) is 61.3 cm³/mol. The van der Waals surface area contributed by atoms with Crippen LogP contribution in [0, 0.1) is 11.3 Å². The van der Waals surface area contributed by atoms with Crippen molar-refractivity contribution in [3.8, 4) is 0 Å². The van der Waals surface area contributed by atoms with Crippen LogP contribution in [0.15, 0.2) is 0 Å². The maximum absolute atomic E-state index is 8.25. The maximum atomic E-state index is 8.25. The summed E-state index contributed by atoms with van der Waals surface area (Å²) >= 11 is 0. The Morgan fingerprint density at radius 1 is 1.00 bits per heavy atom. The molecule has 0 radical (unpaired) electrons. The minimum absolute atomic E-state index is 0.533. The molecular weight excluding hydrogens is 188 g/mol. The number of rotatable bonds is 1. The Balaban J connectivity index is 1.87. The molecule has 1 heterocycles. The van der Waals surface area contributed by atoms with E-state index < -0.39 is 0 Å². The molecule has 0 atom stereocenters. The first kappa shape index (κ1) is 10.9. The van der Waals surface area contributed by atoms with E-state index in [2.05, 4.69) is 4.90 Å². The highest BCUT2D eigenvalue weighted by atomic mass is 16.5. The molecule has 1 saturated heterocycles. The highest BCUT2D eigenvalue weighted by molar-refractivity contribution is 5.81. The number of hydrogen-bond acceptors (Lipinski definition) is 2.